The molecule has 16 heteroatoms. The predicted molar refractivity (Wildman–Crippen MR) is 185 cm³/mol. The van der Waals surface area contributed by atoms with E-state index in [1.807, 2.05) is 36.4 Å². The standard InChI is InChI=1S/C36H37N4O11P/c1-25-37-17-18-40(25)52(45,46)50-24-33-32(41)21-30(51-33)16-19-47-34(42)31(39-36(44)49-23-28-10-6-3-7-11-28)20-26-12-14-29(15-13-26)38-35(43)48-22-27-8-4-2-5-9-27/h2-15,17-18,30-33,41H,20-24H2,1H3,(H,38,43)(H,39,44)(H,45,46)/t30-,31?,32+,33+/m0/s1. The van der Waals surface area contributed by atoms with Crippen LogP contribution in [-0.4, -0.2) is 68.4 Å². The van der Waals surface area contributed by atoms with E-state index in [4.69, 9.17) is 23.5 Å². The minimum atomic E-state index is -4.28. The zero-order chi connectivity index (χ0) is 36.9. The lowest BCUT2D eigenvalue weighted by Gasteiger charge is -2.18. The van der Waals surface area contributed by atoms with Crippen molar-refractivity contribution in [2.24, 2.45) is 0 Å². The predicted octanol–water partition coefficient (Wildman–Crippen LogP) is 4.47. The number of hydrogen-bond donors (Lipinski definition) is 4. The summed E-state index contributed by atoms with van der Waals surface area (Å²) in [7, 11) is -4.28. The van der Waals surface area contributed by atoms with Gasteiger partial charge in [-0.2, -0.15) is 0 Å². The van der Waals surface area contributed by atoms with E-state index in [1.165, 1.54) is 19.3 Å². The van der Waals surface area contributed by atoms with Gasteiger partial charge in [0.05, 0.1) is 12.7 Å². The molecule has 5 rings (SSSR count). The molecule has 1 aromatic heterocycles. The third-order valence-electron chi connectivity index (χ3n) is 7.72. The molecule has 0 spiro atoms. The fourth-order valence-corrected chi connectivity index (χ4v) is 6.11. The number of imidazole rings is 1. The van der Waals surface area contributed by atoms with Gasteiger partial charge in [0.25, 0.3) is 0 Å². The first kappa shape index (κ1) is 37.8. The quantitative estimate of drug-likeness (QED) is 0.0653. The number of nitrogens with one attached hydrogen (secondary N) is 2. The van der Waals surface area contributed by atoms with Gasteiger partial charge in [0.2, 0.25) is 0 Å². The first-order valence-electron chi connectivity index (χ1n) is 16.1. The van der Waals surface area contributed by atoms with Crippen LogP contribution >= 0.6 is 7.75 Å². The maximum Gasteiger partial charge on any atom is 0.437 e. The number of aliphatic hydroxyl groups excluding tert-OH is 1. The Morgan fingerprint density at radius 2 is 1.60 bits per heavy atom. The van der Waals surface area contributed by atoms with E-state index in [0.29, 0.717) is 11.3 Å². The minimum Gasteiger partial charge on any atom is -0.445 e. The number of anilines is 1. The normalized spacial score (nSPS) is 18.2. The second kappa shape index (κ2) is 18.1. The lowest BCUT2D eigenvalue weighted by Crippen LogP contribution is -2.43. The molecule has 5 atom stereocenters. The minimum absolute atomic E-state index is 0.0185. The molecule has 1 fully saturated rings. The fraction of sp³-hybridized carbons (Fsp3) is 0.278. The Kier molecular flexibility index (Phi) is 13.2. The maximum absolute atomic E-state index is 13.2. The number of nitrogens with zero attached hydrogens (tertiary/aromatic N) is 2. The highest BCUT2D eigenvalue weighted by Crippen LogP contribution is 2.45. The van der Waals surface area contributed by atoms with Gasteiger partial charge in [0.1, 0.15) is 43.4 Å². The summed E-state index contributed by atoms with van der Waals surface area (Å²) in [5.74, 6) is 1.97. The van der Waals surface area contributed by atoms with E-state index >= 15 is 0 Å². The molecule has 2 unspecified atom stereocenters. The monoisotopic (exact) mass is 732 g/mol. The zero-order valence-corrected chi connectivity index (χ0v) is 28.9. The number of ether oxygens (including phenoxy) is 4. The van der Waals surface area contributed by atoms with Crippen molar-refractivity contribution in [3.63, 3.8) is 0 Å². The second-order valence-electron chi connectivity index (χ2n) is 11.6. The summed E-state index contributed by atoms with van der Waals surface area (Å²) >= 11 is 0. The van der Waals surface area contributed by atoms with Gasteiger partial charge >= 0.3 is 25.9 Å². The first-order chi connectivity index (χ1) is 25.1. The maximum atomic E-state index is 13.2. The molecule has 52 heavy (non-hydrogen) atoms. The van der Waals surface area contributed by atoms with Crippen LogP contribution in [0.25, 0.3) is 0 Å². The van der Waals surface area contributed by atoms with Gasteiger partial charge in [-0.15, -0.1) is 0 Å². The Morgan fingerprint density at radius 1 is 0.962 bits per heavy atom. The average Bonchev–Trinajstić information content (AvgIpc) is 3.75. The number of benzene rings is 3. The number of amides is 2. The molecule has 4 aromatic rings. The largest absolute Gasteiger partial charge is 0.445 e. The van der Waals surface area contributed by atoms with Crippen LogP contribution in [-0.2, 0) is 52.5 Å². The zero-order valence-electron chi connectivity index (χ0n) is 28.0. The first-order valence-corrected chi connectivity index (χ1v) is 17.7. The van der Waals surface area contributed by atoms with Crippen molar-refractivity contribution in [2.75, 3.05) is 11.9 Å². The van der Waals surface area contributed by atoms with Crippen molar-refractivity contribution in [1.82, 2.24) is 14.6 Å². The van der Waals surface area contributed by atoms with Gasteiger partial charge in [-0.3, -0.25) is 9.84 Å². The number of carbonyl (C=O) groups is 3. The molecule has 2 amide bonds. The number of esters is 1. The SMILES string of the molecule is Cc1nccn1P(=O)(O)OC[C@H]1O[C@@H](C#COC(=O)C(Cc2ccc(NC(=O)OCc3ccccc3)cc2)NC(=O)OCc2ccccc2)C[C@H]1O. The Labute approximate surface area is 299 Å². The second-order valence-corrected chi connectivity index (χ2v) is 13.3. The molecule has 4 N–H and O–H groups in total. The van der Waals surface area contributed by atoms with Crippen LogP contribution in [0, 0.1) is 19.0 Å². The van der Waals surface area contributed by atoms with E-state index in [1.54, 1.807) is 48.5 Å². The number of carbonyl (C=O) groups excluding carboxylic acids is 3. The summed E-state index contributed by atoms with van der Waals surface area (Å²) in [6.45, 7) is 1.20. The van der Waals surface area contributed by atoms with Crippen molar-refractivity contribution in [3.05, 3.63) is 120 Å². The molecule has 0 radical (unpaired) electrons. The number of alkyl carbamates (subject to hydrolysis) is 1. The topological polar surface area (TPSA) is 197 Å². The summed E-state index contributed by atoms with van der Waals surface area (Å²) in [6.07, 6.45) is 0.489. The van der Waals surface area contributed by atoms with E-state index in [-0.39, 0.29) is 31.9 Å². The smallest absolute Gasteiger partial charge is 0.437 e. The average molecular weight is 733 g/mol. The Balaban J connectivity index is 1.16. The molecule has 0 bridgehead atoms. The molecule has 1 aliphatic heterocycles. The third kappa shape index (κ3) is 11.3. The highest BCUT2D eigenvalue weighted by molar-refractivity contribution is 7.51. The lowest BCUT2D eigenvalue weighted by atomic mass is 10.1. The van der Waals surface area contributed by atoms with Crippen LogP contribution in [0.3, 0.4) is 0 Å². The summed E-state index contributed by atoms with van der Waals surface area (Å²) in [5, 5.41) is 15.6. The summed E-state index contributed by atoms with van der Waals surface area (Å²) < 4.78 is 40.1. The number of aryl methyl sites for hydroxylation is 1. The molecule has 1 aliphatic rings. The van der Waals surface area contributed by atoms with Crippen molar-refractivity contribution in [1.29, 1.82) is 0 Å². The van der Waals surface area contributed by atoms with Crippen LogP contribution in [0.4, 0.5) is 15.3 Å². The van der Waals surface area contributed by atoms with Gasteiger partial charge in [0, 0.05) is 30.9 Å². The fourth-order valence-electron chi connectivity index (χ4n) is 5.00. The highest BCUT2D eigenvalue weighted by Gasteiger charge is 2.36. The van der Waals surface area contributed by atoms with E-state index in [2.05, 4.69) is 27.6 Å². The van der Waals surface area contributed by atoms with Gasteiger partial charge in [0.15, 0.2) is 0 Å². The van der Waals surface area contributed by atoms with Crippen LogP contribution < -0.4 is 10.6 Å². The molecule has 3 aromatic carbocycles. The molecular formula is C36H37N4O11P. The molecule has 272 valence electrons. The van der Waals surface area contributed by atoms with E-state index in [9.17, 15) is 28.9 Å². The summed E-state index contributed by atoms with van der Waals surface area (Å²) in [6, 6.07) is 23.5. The van der Waals surface area contributed by atoms with Gasteiger partial charge < -0.3 is 34.3 Å². The summed E-state index contributed by atoms with van der Waals surface area (Å²) in [4.78, 5) is 52.3. The molecule has 1 saturated heterocycles. The number of aliphatic hydroxyl groups is 1. The van der Waals surface area contributed by atoms with Gasteiger partial charge in [-0.05, 0) is 41.7 Å². The Hall–Kier alpha value is -5.49. The number of aromatic nitrogens is 2. The Bertz CT molecular complexity index is 1910. The molecule has 15 nitrogen and oxygen atoms in total. The lowest BCUT2D eigenvalue weighted by molar-refractivity contribution is -0.139. The van der Waals surface area contributed by atoms with E-state index < -0.39 is 56.9 Å². The van der Waals surface area contributed by atoms with Gasteiger partial charge in [-0.1, -0.05) is 72.8 Å². The van der Waals surface area contributed by atoms with Crippen LogP contribution in [0.5, 0.6) is 0 Å². The van der Waals surface area contributed by atoms with Gasteiger partial charge in [-0.25, -0.2) is 28.3 Å². The Morgan fingerprint density at radius 3 is 2.21 bits per heavy atom. The number of hydrogen-bond acceptors (Lipinski definition) is 11. The molecular weight excluding hydrogens is 695 g/mol. The van der Waals surface area contributed by atoms with Crippen molar-refractivity contribution < 1.29 is 52.4 Å². The van der Waals surface area contributed by atoms with Crippen molar-refractivity contribution in [2.45, 2.75) is 57.3 Å². The van der Waals surface area contributed by atoms with Crippen molar-refractivity contribution in [3.8, 4) is 12.0 Å². The molecule has 2 heterocycles. The molecule has 0 saturated carbocycles. The highest BCUT2D eigenvalue weighted by atomic mass is 31.2. The summed E-state index contributed by atoms with van der Waals surface area (Å²) in [5.41, 5.74) is 2.64. The van der Waals surface area contributed by atoms with Crippen LogP contribution in [0.15, 0.2) is 97.3 Å². The van der Waals surface area contributed by atoms with Crippen LogP contribution in [0.2, 0.25) is 0 Å². The third-order valence-corrected chi connectivity index (χ3v) is 9.17. The molecule has 0 aliphatic carbocycles. The van der Waals surface area contributed by atoms with E-state index in [0.717, 1.165) is 15.5 Å². The van der Waals surface area contributed by atoms with Crippen molar-refractivity contribution >= 4 is 31.6 Å². The number of rotatable bonds is 13. The van der Waals surface area contributed by atoms with Crippen LogP contribution in [0.1, 0.15) is 28.9 Å².